The largest absolute Gasteiger partial charge is 0.493 e. The number of para-hydroxylation sites is 1. The Hall–Kier alpha value is -3.47. The lowest BCUT2D eigenvalue weighted by atomic mass is 9.99. The smallest absolute Gasteiger partial charge is 0.258 e. The summed E-state index contributed by atoms with van der Waals surface area (Å²) in [5.41, 5.74) is 1.99. The average molecular weight is 377 g/mol. The fourth-order valence-corrected chi connectivity index (χ4v) is 2.95. The van der Waals surface area contributed by atoms with Gasteiger partial charge in [0.25, 0.3) is 5.91 Å². The number of nitrogens with one attached hydrogen (secondary N) is 1. The molecule has 0 saturated heterocycles. The van der Waals surface area contributed by atoms with E-state index in [1.165, 1.54) is 0 Å². The van der Waals surface area contributed by atoms with Crippen LogP contribution in [0, 0.1) is 0 Å². The van der Waals surface area contributed by atoms with Crippen molar-refractivity contribution in [2.45, 2.75) is 6.04 Å². The van der Waals surface area contributed by atoms with Crippen molar-refractivity contribution < 1.29 is 19.0 Å². The van der Waals surface area contributed by atoms with Crippen LogP contribution in [0.1, 0.15) is 17.2 Å². The maximum atomic E-state index is 12.7. The molecule has 0 fully saturated rings. The molecule has 0 aliphatic carbocycles. The lowest BCUT2D eigenvalue weighted by Crippen LogP contribution is -2.33. The van der Waals surface area contributed by atoms with Crippen molar-refractivity contribution in [2.24, 2.45) is 0 Å². The molecule has 0 bridgehead atoms. The number of methoxy groups -OCH3 is 2. The third-order valence-corrected chi connectivity index (χ3v) is 4.30. The fraction of sp³-hybridized carbons (Fsp3) is 0.174. The Morgan fingerprint density at radius 1 is 0.786 bits per heavy atom. The van der Waals surface area contributed by atoms with Crippen LogP contribution in [0.5, 0.6) is 17.2 Å². The third kappa shape index (κ3) is 4.62. The number of ether oxygens (including phenoxy) is 3. The van der Waals surface area contributed by atoms with Gasteiger partial charge >= 0.3 is 0 Å². The fourth-order valence-electron chi connectivity index (χ4n) is 2.95. The number of hydrogen-bond donors (Lipinski definition) is 1. The maximum Gasteiger partial charge on any atom is 0.258 e. The first-order valence-electron chi connectivity index (χ1n) is 8.96. The second kappa shape index (κ2) is 9.46. The van der Waals surface area contributed by atoms with Crippen molar-refractivity contribution in [3.05, 3.63) is 90.0 Å². The highest BCUT2D eigenvalue weighted by atomic mass is 16.5. The molecular weight excluding hydrogens is 354 g/mol. The van der Waals surface area contributed by atoms with Crippen molar-refractivity contribution in [3.63, 3.8) is 0 Å². The molecular formula is C23H23NO4. The van der Waals surface area contributed by atoms with E-state index >= 15 is 0 Å². The lowest BCUT2D eigenvalue weighted by molar-refractivity contribution is -0.123. The van der Waals surface area contributed by atoms with E-state index in [0.717, 1.165) is 11.1 Å². The zero-order valence-corrected chi connectivity index (χ0v) is 15.9. The second-order valence-electron chi connectivity index (χ2n) is 6.10. The monoisotopic (exact) mass is 377 g/mol. The number of hydrogen-bond acceptors (Lipinski definition) is 4. The van der Waals surface area contributed by atoms with Gasteiger partial charge in [0.15, 0.2) is 18.1 Å². The summed E-state index contributed by atoms with van der Waals surface area (Å²) in [6.45, 7) is -0.160. The number of rotatable bonds is 8. The highest BCUT2D eigenvalue weighted by molar-refractivity contribution is 5.78. The Balaban J connectivity index is 1.75. The van der Waals surface area contributed by atoms with Crippen LogP contribution in [0.3, 0.4) is 0 Å². The molecule has 5 heteroatoms. The normalized spacial score (nSPS) is 10.4. The van der Waals surface area contributed by atoms with Gasteiger partial charge in [-0.1, -0.05) is 66.7 Å². The van der Waals surface area contributed by atoms with Gasteiger partial charge in [-0.25, -0.2) is 0 Å². The summed E-state index contributed by atoms with van der Waals surface area (Å²) in [7, 11) is 3.09. The van der Waals surface area contributed by atoms with Crippen LogP contribution in [0.4, 0.5) is 0 Å². The number of carbonyl (C=O) groups excluding carboxylic acids is 1. The lowest BCUT2D eigenvalue weighted by Gasteiger charge is -2.20. The van der Waals surface area contributed by atoms with E-state index in [1.807, 2.05) is 60.7 Å². The molecule has 5 nitrogen and oxygen atoms in total. The van der Waals surface area contributed by atoms with Crippen LogP contribution < -0.4 is 19.5 Å². The van der Waals surface area contributed by atoms with Gasteiger partial charge in [0, 0.05) is 0 Å². The van der Waals surface area contributed by atoms with Gasteiger partial charge in [-0.15, -0.1) is 0 Å². The molecule has 3 aromatic carbocycles. The summed E-state index contributed by atoms with van der Waals surface area (Å²) in [5.74, 6) is 1.17. The van der Waals surface area contributed by atoms with Gasteiger partial charge in [0.05, 0.1) is 20.3 Å². The Morgan fingerprint density at radius 3 is 1.75 bits per heavy atom. The standard InChI is InChI=1S/C23H23NO4/c1-26-19-14-9-15-20(27-2)23(19)28-16-21(25)24-22(17-10-5-3-6-11-17)18-12-7-4-8-13-18/h3-15,22H,16H2,1-2H3,(H,24,25). The zero-order valence-electron chi connectivity index (χ0n) is 15.9. The first-order valence-corrected chi connectivity index (χ1v) is 8.96. The maximum absolute atomic E-state index is 12.7. The molecule has 0 unspecified atom stereocenters. The minimum Gasteiger partial charge on any atom is -0.493 e. The highest BCUT2D eigenvalue weighted by Crippen LogP contribution is 2.36. The third-order valence-electron chi connectivity index (χ3n) is 4.30. The van der Waals surface area contributed by atoms with Gasteiger partial charge in [-0.2, -0.15) is 0 Å². The molecule has 144 valence electrons. The molecule has 0 aliphatic heterocycles. The van der Waals surface area contributed by atoms with Crippen molar-refractivity contribution in [3.8, 4) is 17.2 Å². The average Bonchev–Trinajstić information content (AvgIpc) is 2.76. The Morgan fingerprint density at radius 2 is 1.29 bits per heavy atom. The Bertz CT molecular complexity index is 835. The zero-order chi connectivity index (χ0) is 19.8. The highest BCUT2D eigenvalue weighted by Gasteiger charge is 2.18. The minimum absolute atomic E-state index is 0.160. The molecule has 0 radical (unpaired) electrons. The molecule has 0 heterocycles. The van der Waals surface area contributed by atoms with Crippen molar-refractivity contribution >= 4 is 5.91 Å². The first kappa shape index (κ1) is 19.3. The molecule has 1 amide bonds. The van der Waals surface area contributed by atoms with E-state index in [1.54, 1.807) is 32.4 Å². The molecule has 0 atom stereocenters. The summed E-state index contributed by atoms with van der Waals surface area (Å²) < 4.78 is 16.3. The second-order valence-corrected chi connectivity index (χ2v) is 6.10. The summed E-state index contributed by atoms with van der Waals surface area (Å²) in [5, 5.41) is 3.05. The van der Waals surface area contributed by atoms with Gasteiger partial charge < -0.3 is 19.5 Å². The topological polar surface area (TPSA) is 56.8 Å². The van der Waals surface area contributed by atoms with Crippen LogP contribution in [-0.4, -0.2) is 26.7 Å². The van der Waals surface area contributed by atoms with Crippen LogP contribution in [0.25, 0.3) is 0 Å². The molecule has 3 rings (SSSR count). The number of amides is 1. The van der Waals surface area contributed by atoms with E-state index in [0.29, 0.717) is 17.2 Å². The van der Waals surface area contributed by atoms with E-state index in [9.17, 15) is 4.79 Å². The van der Waals surface area contributed by atoms with E-state index in [-0.39, 0.29) is 18.6 Å². The number of carbonyl (C=O) groups is 1. The Kier molecular flexibility index (Phi) is 6.52. The van der Waals surface area contributed by atoms with Crippen molar-refractivity contribution in [1.82, 2.24) is 5.32 Å². The predicted octanol–water partition coefficient (Wildman–Crippen LogP) is 3.99. The van der Waals surface area contributed by atoms with Crippen molar-refractivity contribution in [2.75, 3.05) is 20.8 Å². The van der Waals surface area contributed by atoms with Crippen LogP contribution >= 0.6 is 0 Å². The van der Waals surface area contributed by atoms with E-state index in [2.05, 4.69) is 5.32 Å². The van der Waals surface area contributed by atoms with E-state index < -0.39 is 0 Å². The first-order chi connectivity index (χ1) is 13.7. The van der Waals surface area contributed by atoms with Crippen LogP contribution in [0.2, 0.25) is 0 Å². The summed E-state index contributed by atoms with van der Waals surface area (Å²) in [6, 6.07) is 24.7. The minimum atomic E-state index is -0.266. The van der Waals surface area contributed by atoms with Crippen molar-refractivity contribution in [1.29, 1.82) is 0 Å². The van der Waals surface area contributed by atoms with Crippen LogP contribution in [0.15, 0.2) is 78.9 Å². The number of benzene rings is 3. The molecule has 28 heavy (non-hydrogen) atoms. The summed E-state index contributed by atoms with van der Waals surface area (Å²) in [4.78, 5) is 12.7. The molecule has 3 aromatic rings. The summed E-state index contributed by atoms with van der Waals surface area (Å²) in [6.07, 6.45) is 0. The Labute approximate surface area is 164 Å². The van der Waals surface area contributed by atoms with Crippen LogP contribution in [-0.2, 0) is 4.79 Å². The SMILES string of the molecule is COc1cccc(OC)c1OCC(=O)NC(c1ccccc1)c1ccccc1. The van der Waals surface area contributed by atoms with Gasteiger partial charge in [-0.05, 0) is 23.3 Å². The molecule has 0 aromatic heterocycles. The predicted molar refractivity (Wildman–Crippen MR) is 108 cm³/mol. The van der Waals surface area contributed by atoms with E-state index in [4.69, 9.17) is 14.2 Å². The molecule has 0 spiro atoms. The molecule has 1 N–H and O–H groups in total. The van der Waals surface area contributed by atoms with Gasteiger partial charge in [0.1, 0.15) is 0 Å². The van der Waals surface area contributed by atoms with Gasteiger partial charge in [0.2, 0.25) is 5.75 Å². The van der Waals surface area contributed by atoms with Gasteiger partial charge in [-0.3, -0.25) is 4.79 Å². The summed E-state index contributed by atoms with van der Waals surface area (Å²) >= 11 is 0. The molecule has 0 saturated carbocycles. The quantitative estimate of drug-likeness (QED) is 0.645. The molecule has 0 aliphatic rings.